The second-order valence-electron chi connectivity index (χ2n) is 8.39. The second kappa shape index (κ2) is 10.6. The molecule has 0 aliphatic heterocycles. The summed E-state index contributed by atoms with van der Waals surface area (Å²) >= 11 is 5.91. The van der Waals surface area contributed by atoms with Crippen LogP contribution in [0, 0.1) is 17.7 Å². The highest BCUT2D eigenvalue weighted by Crippen LogP contribution is 2.39. The van der Waals surface area contributed by atoms with E-state index in [1.165, 1.54) is 0 Å². The predicted molar refractivity (Wildman–Crippen MR) is 118 cm³/mol. The molecule has 2 aromatic rings. The Morgan fingerprint density at radius 1 is 1.10 bits per heavy atom. The molecule has 0 amide bonds. The quantitative estimate of drug-likeness (QED) is 0.373. The lowest BCUT2D eigenvalue weighted by atomic mass is 9.68. The molecule has 0 aromatic heterocycles. The van der Waals surface area contributed by atoms with E-state index < -0.39 is 7.12 Å². The summed E-state index contributed by atoms with van der Waals surface area (Å²) in [6.07, 6.45) is 7.37. The minimum Gasteiger partial charge on any atom is -0.427 e. The Bertz CT molecular complexity index is 781. The van der Waals surface area contributed by atoms with Gasteiger partial charge in [-0.2, -0.15) is 0 Å². The lowest BCUT2D eigenvalue weighted by molar-refractivity contribution is 0.147. The number of hydrogen-bond acceptors (Lipinski definition) is 3. The van der Waals surface area contributed by atoms with Crippen LogP contribution >= 0.6 is 11.6 Å². The standard InChI is InChI=1S/C23H30BClFNO2/c25-20-9-7-18(8-10-20)21-11-6-16(15-22(21)26)4-5-17-13-19(14-17)23(27)3-1-2-12-24(28)29/h6-11,15,17,19,23,28-29H,1-5,12-14,27H2. The van der Waals surface area contributed by atoms with Gasteiger partial charge in [-0.3, -0.25) is 0 Å². The molecule has 0 radical (unpaired) electrons. The highest BCUT2D eigenvalue weighted by atomic mass is 35.5. The maximum Gasteiger partial charge on any atom is 0.451 e. The van der Waals surface area contributed by atoms with Crippen molar-refractivity contribution in [2.45, 2.75) is 57.3 Å². The van der Waals surface area contributed by atoms with Gasteiger partial charge >= 0.3 is 7.12 Å². The number of rotatable bonds is 10. The molecule has 0 heterocycles. The fraction of sp³-hybridized carbons (Fsp3) is 0.478. The van der Waals surface area contributed by atoms with Crippen LogP contribution in [-0.2, 0) is 6.42 Å². The molecule has 0 saturated heterocycles. The molecule has 1 saturated carbocycles. The van der Waals surface area contributed by atoms with Gasteiger partial charge in [0.25, 0.3) is 0 Å². The summed E-state index contributed by atoms with van der Waals surface area (Å²) in [4.78, 5) is 0. The molecule has 1 fully saturated rings. The molecule has 1 aliphatic rings. The van der Waals surface area contributed by atoms with E-state index in [1.54, 1.807) is 18.2 Å². The lowest BCUT2D eigenvalue weighted by Gasteiger charge is -2.39. The monoisotopic (exact) mass is 417 g/mol. The van der Waals surface area contributed by atoms with E-state index in [-0.39, 0.29) is 11.9 Å². The third kappa shape index (κ3) is 6.55. The largest absolute Gasteiger partial charge is 0.451 e. The van der Waals surface area contributed by atoms with Crippen LogP contribution in [0.3, 0.4) is 0 Å². The van der Waals surface area contributed by atoms with E-state index in [1.807, 2.05) is 24.3 Å². The topological polar surface area (TPSA) is 66.5 Å². The SMILES string of the molecule is NC(CCCCB(O)O)C1CC(CCc2ccc(-c3ccc(Cl)cc3)c(F)c2)C1. The fourth-order valence-corrected chi connectivity index (χ4v) is 4.39. The first-order chi connectivity index (χ1) is 13.9. The van der Waals surface area contributed by atoms with Gasteiger partial charge in [-0.1, -0.05) is 48.7 Å². The number of benzene rings is 2. The van der Waals surface area contributed by atoms with Crippen LogP contribution in [0.1, 0.15) is 44.1 Å². The smallest absolute Gasteiger partial charge is 0.427 e. The van der Waals surface area contributed by atoms with Crippen molar-refractivity contribution in [1.29, 1.82) is 0 Å². The normalized spacial score (nSPS) is 19.6. The van der Waals surface area contributed by atoms with Crippen molar-refractivity contribution in [3.63, 3.8) is 0 Å². The van der Waals surface area contributed by atoms with Gasteiger partial charge in [-0.25, -0.2) is 4.39 Å². The number of nitrogens with two attached hydrogens (primary N) is 1. The van der Waals surface area contributed by atoms with Crippen LogP contribution in [0.5, 0.6) is 0 Å². The molecule has 1 unspecified atom stereocenters. The minimum atomic E-state index is -1.20. The van der Waals surface area contributed by atoms with Gasteiger partial charge in [0, 0.05) is 16.6 Å². The molecule has 0 spiro atoms. The average molecular weight is 418 g/mol. The van der Waals surface area contributed by atoms with Crippen molar-refractivity contribution < 1.29 is 14.4 Å². The summed E-state index contributed by atoms with van der Waals surface area (Å²) in [5.41, 5.74) is 8.76. The minimum absolute atomic E-state index is 0.189. The van der Waals surface area contributed by atoms with Crippen LogP contribution < -0.4 is 5.73 Å². The zero-order valence-electron chi connectivity index (χ0n) is 16.7. The molecule has 2 aromatic carbocycles. The van der Waals surface area contributed by atoms with Crippen molar-refractivity contribution in [2.75, 3.05) is 0 Å². The highest BCUT2D eigenvalue weighted by Gasteiger charge is 2.32. The Balaban J connectivity index is 1.40. The summed E-state index contributed by atoms with van der Waals surface area (Å²) in [7, 11) is -1.20. The van der Waals surface area contributed by atoms with Gasteiger partial charge in [-0.15, -0.1) is 0 Å². The molecule has 6 heteroatoms. The van der Waals surface area contributed by atoms with Gasteiger partial charge < -0.3 is 15.8 Å². The van der Waals surface area contributed by atoms with E-state index in [4.69, 9.17) is 27.4 Å². The Morgan fingerprint density at radius 2 is 1.83 bits per heavy atom. The van der Waals surface area contributed by atoms with E-state index in [9.17, 15) is 4.39 Å². The summed E-state index contributed by atoms with van der Waals surface area (Å²) in [6.45, 7) is 0. The number of aryl methyl sites for hydroxylation is 1. The molecule has 4 N–H and O–H groups in total. The first-order valence-electron chi connectivity index (χ1n) is 10.6. The molecule has 0 bridgehead atoms. The summed E-state index contributed by atoms with van der Waals surface area (Å²) in [5, 5.41) is 18.4. The third-order valence-electron chi connectivity index (χ3n) is 6.16. The fourth-order valence-electron chi connectivity index (χ4n) is 4.26. The number of unbranched alkanes of at least 4 members (excludes halogenated alkanes) is 1. The van der Waals surface area contributed by atoms with Crippen molar-refractivity contribution in [3.05, 3.63) is 58.9 Å². The summed E-state index contributed by atoms with van der Waals surface area (Å²) in [5.74, 6) is 1.05. The van der Waals surface area contributed by atoms with E-state index in [2.05, 4.69) is 0 Å². The summed E-state index contributed by atoms with van der Waals surface area (Å²) < 4.78 is 14.5. The van der Waals surface area contributed by atoms with E-state index in [0.29, 0.717) is 28.7 Å². The van der Waals surface area contributed by atoms with Gasteiger partial charge in [0.05, 0.1) is 0 Å². The number of halogens is 2. The van der Waals surface area contributed by atoms with Crippen molar-refractivity contribution >= 4 is 18.7 Å². The van der Waals surface area contributed by atoms with E-state index >= 15 is 0 Å². The van der Waals surface area contributed by atoms with Crippen molar-refractivity contribution in [2.24, 2.45) is 17.6 Å². The second-order valence-corrected chi connectivity index (χ2v) is 8.82. The van der Waals surface area contributed by atoms with Crippen LogP contribution in [0.15, 0.2) is 42.5 Å². The van der Waals surface area contributed by atoms with Crippen LogP contribution in [0.25, 0.3) is 11.1 Å². The van der Waals surface area contributed by atoms with Crippen LogP contribution in [0.4, 0.5) is 4.39 Å². The molecular formula is C23H30BClFNO2. The van der Waals surface area contributed by atoms with E-state index in [0.717, 1.165) is 56.1 Å². The summed E-state index contributed by atoms with van der Waals surface area (Å²) in [6, 6.07) is 13.0. The van der Waals surface area contributed by atoms with Crippen LogP contribution in [0.2, 0.25) is 11.3 Å². The zero-order chi connectivity index (χ0) is 20.8. The van der Waals surface area contributed by atoms with Crippen molar-refractivity contribution in [3.8, 4) is 11.1 Å². The van der Waals surface area contributed by atoms with Crippen molar-refractivity contribution in [1.82, 2.24) is 0 Å². The first kappa shape index (κ1) is 22.3. The molecule has 3 rings (SSSR count). The lowest BCUT2D eigenvalue weighted by Crippen LogP contribution is -2.39. The zero-order valence-corrected chi connectivity index (χ0v) is 17.5. The van der Waals surface area contributed by atoms with Gasteiger partial charge in [-0.05, 0) is 79.6 Å². The Hall–Kier alpha value is -1.40. The molecule has 156 valence electrons. The maximum atomic E-state index is 14.5. The van der Waals surface area contributed by atoms with Gasteiger partial charge in [0.2, 0.25) is 0 Å². The molecule has 3 nitrogen and oxygen atoms in total. The molecule has 29 heavy (non-hydrogen) atoms. The molecule has 1 atom stereocenters. The Morgan fingerprint density at radius 3 is 2.48 bits per heavy atom. The van der Waals surface area contributed by atoms with Gasteiger partial charge in [0.1, 0.15) is 5.82 Å². The van der Waals surface area contributed by atoms with Gasteiger partial charge in [0.15, 0.2) is 0 Å². The Labute approximate surface area is 178 Å². The Kier molecular flexibility index (Phi) is 8.13. The highest BCUT2D eigenvalue weighted by molar-refractivity contribution is 6.40. The number of hydrogen-bond donors (Lipinski definition) is 3. The first-order valence-corrected chi connectivity index (χ1v) is 11.0. The predicted octanol–water partition coefficient (Wildman–Crippen LogP) is 5.08. The average Bonchev–Trinajstić information content (AvgIpc) is 2.65. The van der Waals surface area contributed by atoms with Crippen LogP contribution in [-0.4, -0.2) is 23.2 Å². The molecular weight excluding hydrogens is 388 g/mol. The maximum absolute atomic E-state index is 14.5. The third-order valence-corrected chi connectivity index (χ3v) is 6.41. The molecule has 1 aliphatic carbocycles.